The van der Waals surface area contributed by atoms with Gasteiger partial charge in [0.25, 0.3) is 0 Å². The third kappa shape index (κ3) is 2.87. The van der Waals surface area contributed by atoms with Crippen molar-refractivity contribution in [3.05, 3.63) is 24.3 Å². The predicted molar refractivity (Wildman–Crippen MR) is 69.3 cm³/mol. The van der Waals surface area contributed by atoms with E-state index in [1.54, 1.807) is 12.1 Å². The van der Waals surface area contributed by atoms with Crippen LogP contribution < -0.4 is 10.2 Å². The Balaban J connectivity index is 2.19. The van der Waals surface area contributed by atoms with E-state index in [4.69, 9.17) is 0 Å². The molecule has 1 aromatic carbocycles. The first kappa shape index (κ1) is 14.2. The Morgan fingerprint density at radius 2 is 1.95 bits per heavy atom. The monoisotopic (exact) mass is 290 g/mol. The summed E-state index contributed by atoms with van der Waals surface area (Å²) in [7, 11) is -2.59. The first-order valence-corrected chi connectivity index (χ1v) is 7.53. The number of likely N-dealkylation sites (N-methyl/N-ethyl adjacent to an activating group) is 1. The SMILES string of the molecule is CN(c1ccc(S(=O)(=O)C(F)F)cc1)C1CCNC1. The molecule has 1 unspecified atom stereocenters. The second-order valence-electron chi connectivity index (χ2n) is 4.56. The second kappa shape index (κ2) is 5.42. The predicted octanol–water partition coefficient (Wildman–Crippen LogP) is 1.48. The summed E-state index contributed by atoms with van der Waals surface area (Å²) >= 11 is 0. The van der Waals surface area contributed by atoms with Crippen molar-refractivity contribution in [2.75, 3.05) is 25.0 Å². The number of alkyl halides is 2. The van der Waals surface area contributed by atoms with Crippen molar-refractivity contribution >= 4 is 15.5 Å². The number of sulfone groups is 1. The minimum absolute atomic E-state index is 0.343. The Kier molecular flexibility index (Phi) is 4.05. The van der Waals surface area contributed by atoms with Crippen LogP contribution in [0, 0.1) is 0 Å². The molecule has 0 spiro atoms. The first-order chi connectivity index (χ1) is 8.93. The van der Waals surface area contributed by atoms with Gasteiger partial charge in [0.05, 0.1) is 4.90 Å². The molecule has 0 bridgehead atoms. The van der Waals surface area contributed by atoms with Crippen LogP contribution in [0.25, 0.3) is 0 Å². The standard InChI is InChI=1S/C12H16F2N2O2S/c1-16(10-6-7-15-8-10)9-2-4-11(5-3-9)19(17,18)12(13)14/h2-5,10,12,15H,6-8H2,1H3. The van der Waals surface area contributed by atoms with Gasteiger partial charge in [0.2, 0.25) is 9.84 Å². The molecule has 1 atom stereocenters. The highest BCUT2D eigenvalue weighted by atomic mass is 32.2. The van der Waals surface area contributed by atoms with Gasteiger partial charge in [0.1, 0.15) is 0 Å². The summed E-state index contributed by atoms with van der Waals surface area (Å²) in [6, 6.07) is 5.93. The van der Waals surface area contributed by atoms with Gasteiger partial charge in [0.15, 0.2) is 0 Å². The van der Waals surface area contributed by atoms with Gasteiger partial charge in [-0.25, -0.2) is 8.42 Å². The molecule has 7 heteroatoms. The molecule has 1 fully saturated rings. The van der Waals surface area contributed by atoms with Gasteiger partial charge in [-0.1, -0.05) is 0 Å². The number of rotatable bonds is 4. The molecule has 1 aliphatic heterocycles. The summed E-state index contributed by atoms with van der Waals surface area (Å²) in [4.78, 5) is 1.68. The van der Waals surface area contributed by atoms with E-state index >= 15 is 0 Å². The van der Waals surface area contributed by atoms with Crippen molar-refractivity contribution in [3.63, 3.8) is 0 Å². The Morgan fingerprint density at radius 3 is 2.42 bits per heavy atom. The van der Waals surface area contributed by atoms with Gasteiger partial charge in [-0.05, 0) is 37.2 Å². The Labute approximate surface area is 111 Å². The van der Waals surface area contributed by atoms with Crippen LogP contribution in [-0.4, -0.2) is 40.4 Å². The van der Waals surface area contributed by atoms with Crippen molar-refractivity contribution < 1.29 is 17.2 Å². The van der Waals surface area contributed by atoms with Crippen molar-refractivity contribution in [1.29, 1.82) is 0 Å². The van der Waals surface area contributed by atoms with E-state index in [1.165, 1.54) is 12.1 Å². The fourth-order valence-electron chi connectivity index (χ4n) is 2.15. The second-order valence-corrected chi connectivity index (χ2v) is 6.47. The van der Waals surface area contributed by atoms with Crippen LogP contribution in [0.5, 0.6) is 0 Å². The summed E-state index contributed by atoms with van der Waals surface area (Å²) in [5.74, 6) is -3.38. The topological polar surface area (TPSA) is 49.4 Å². The molecule has 2 rings (SSSR count). The normalized spacial score (nSPS) is 19.9. The van der Waals surface area contributed by atoms with Gasteiger partial charge in [-0.3, -0.25) is 0 Å². The van der Waals surface area contributed by atoms with Crippen LogP contribution in [0.1, 0.15) is 6.42 Å². The Morgan fingerprint density at radius 1 is 1.32 bits per heavy atom. The number of nitrogens with zero attached hydrogens (tertiary/aromatic N) is 1. The molecule has 0 aliphatic carbocycles. The molecule has 1 heterocycles. The van der Waals surface area contributed by atoms with Crippen LogP contribution in [0.15, 0.2) is 29.2 Å². The van der Waals surface area contributed by atoms with Crippen LogP contribution in [0.2, 0.25) is 0 Å². The molecule has 19 heavy (non-hydrogen) atoms. The van der Waals surface area contributed by atoms with E-state index in [-0.39, 0.29) is 4.90 Å². The van der Waals surface area contributed by atoms with E-state index in [0.29, 0.717) is 6.04 Å². The number of hydrogen-bond acceptors (Lipinski definition) is 4. The number of anilines is 1. The highest BCUT2D eigenvalue weighted by Crippen LogP contribution is 2.23. The van der Waals surface area contributed by atoms with E-state index in [1.807, 2.05) is 11.9 Å². The largest absolute Gasteiger partial charge is 0.370 e. The highest BCUT2D eigenvalue weighted by Gasteiger charge is 2.26. The quantitative estimate of drug-likeness (QED) is 0.912. The third-order valence-corrected chi connectivity index (χ3v) is 4.79. The molecule has 1 aliphatic rings. The summed E-state index contributed by atoms with van der Waals surface area (Å²) in [5.41, 5.74) is 0.821. The van der Waals surface area contributed by atoms with Crippen LogP contribution >= 0.6 is 0 Å². The average Bonchev–Trinajstić information content (AvgIpc) is 2.91. The molecule has 4 nitrogen and oxygen atoms in total. The molecule has 1 N–H and O–H groups in total. The number of hydrogen-bond donors (Lipinski definition) is 1. The van der Waals surface area contributed by atoms with E-state index < -0.39 is 15.6 Å². The van der Waals surface area contributed by atoms with E-state index in [9.17, 15) is 17.2 Å². The zero-order chi connectivity index (χ0) is 14.0. The maximum absolute atomic E-state index is 12.4. The van der Waals surface area contributed by atoms with Crippen LogP contribution in [-0.2, 0) is 9.84 Å². The Hall–Kier alpha value is -1.21. The molecule has 1 saturated heterocycles. The van der Waals surface area contributed by atoms with Crippen molar-refractivity contribution in [2.24, 2.45) is 0 Å². The minimum atomic E-state index is -4.50. The van der Waals surface area contributed by atoms with Crippen LogP contribution in [0.4, 0.5) is 14.5 Å². The average molecular weight is 290 g/mol. The van der Waals surface area contributed by atoms with Gasteiger partial charge in [-0.2, -0.15) is 8.78 Å². The van der Waals surface area contributed by atoms with Crippen molar-refractivity contribution in [3.8, 4) is 0 Å². The van der Waals surface area contributed by atoms with Crippen molar-refractivity contribution in [2.45, 2.75) is 23.1 Å². The highest BCUT2D eigenvalue weighted by molar-refractivity contribution is 7.91. The molecule has 0 amide bonds. The fraction of sp³-hybridized carbons (Fsp3) is 0.500. The lowest BCUT2D eigenvalue weighted by Crippen LogP contribution is -2.33. The maximum Gasteiger partial charge on any atom is 0.341 e. The lowest BCUT2D eigenvalue weighted by molar-refractivity contribution is 0.234. The smallest absolute Gasteiger partial charge is 0.341 e. The molecule has 0 aromatic heterocycles. The van der Waals surface area contributed by atoms with Gasteiger partial charge in [-0.15, -0.1) is 0 Å². The van der Waals surface area contributed by atoms with Gasteiger partial charge >= 0.3 is 5.76 Å². The zero-order valence-electron chi connectivity index (χ0n) is 10.5. The van der Waals surface area contributed by atoms with Gasteiger partial charge in [0, 0.05) is 25.3 Å². The van der Waals surface area contributed by atoms with Crippen molar-refractivity contribution in [1.82, 2.24) is 5.32 Å². The lowest BCUT2D eigenvalue weighted by atomic mass is 10.2. The zero-order valence-corrected chi connectivity index (χ0v) is 11.3. The molecule has 106 valence electrons. The summed E-state index contributed by atoms with van der Waals surface area (Å²) in [5, 5.41) is 3.24. The fourth-order valence-corrected chi connectivity index (χ4v) is 2.88. The van der Waals surface area contributed by atoms with Crippen LogP contribution in [0.3, 0.4) is 0 Å². The maximum atomic E-state index is 12.4. The van der Waals surface area contributed by atoms with E-state index in [2.05, 4.69) is 5.32 Å². The van der Waals surface area contributed by atoms with Gasteiger partial charge < -0.3 is 10.2 Å². The Bertz CT molecular complexity index is 525. The third-order valence-electron chi connectivity index (χ3n) is 3.39. The van der Waals surface area contributed by atoms with E-state index in [0.717, 1.165) is 25.2 Å². The number of halogens is 2. The summed E-state index contributed by atoms with van der Waals surface area (Å²) in [6.45, 7) is 1.82. The number of benzene rings is 1. The lowest BCUT2D eigenvalue weighted by Gasteiger charge is -2.26. The first-order valence-electron chi connectivity index (χ1n) is 5.98. The molecule has 1 aromatic rings. The number of nitrogens with one attached hydrogen (secondary N) is 1. The minimum Gasteiger partial charge on any atom is -0.370 e. The summed E-state index contributed by atoms with van der Waals surface area (Å²) in [6.07, 6.45) is 1.01. The molecule has 0 saturated carbocycles. The molecule has 0 radical (unpaired) electrons. The molecular weight excluding hydrogens is 274 g/mol. The summed E-state index contributed by atoms with van der Waals surface area (Å²) < 4.78 is 47.4. The molecular formula is C12H16F2N2O2S.